The number of fused-ring (bicyclic) bond motifs is 6. The first kappa shape index (κ1) is 35.4. The number of ether oxygens (including phenoxy) is 2. The zero-order valence-corrected chi connectivity index (χ0v) is 30.3. The Bertz CT molecular complexity index is 2070. The molecule has 0 unspecified atom stereocenters. The highest BCUT2D eigenvalue weighted by atomic mass is 16.5. The van der Waals surface area contributed by atoms with E-state index < -0.39 is 6.09 Å². The summed E-state index contributed by atoms with van der Waals surface area (Å²) in [4.78, 5) is 57.3. The number of carbonyl (C=O) groups excluding carboxylic acids is 3. The summed E-state index contributed by atoms with van der Waals surface area (Å²) in [6.45, 7) is 11.9. The molecule has 1 aliphatic rings. The molecule has 0 saturated carbocycles. The predicted molar refractivity (Wildman–Crippen MR) is 197 cm³/mol. The Morgan fingerprint density at radius 3 is 2.55 bits per heavy atom. The monoisotopic (exact) mass is 693 g/mol. The van der Waals surface area contributed by atoms with Crippen LogP contribution in [0.2, 0.25) is 0 Å². The van der Waals surface area contributed by atoms with Gasteiger partial charge in [0.1, 0.15) is 30.5 Å². The van der Waals surface area contributed by atoms with E-state index in [-0.39, 0.29) is 30.9 Å². The summed E-state index contributed by atoms with van der Waals surface area (Å²) in [5.74, 6) is 2.53. The van der Waals surface area contributed by atoms with Crippen LogP contribution in [0.25, 0.3) is 44.2 Å². The van der Waals surface area contributed by atoms with Crippen molar-refractivity contribution in [3.8, 4) is 28.1 Å². The van der Waals surface area contributed by atoms with Crippen molar-refractivity contribution in [1.29, 1.82) is 0 Å². The Labute approximate surface area is 297 Å². The minimum atomic E-state index is -0.648. The van der Waals surface area contributed by atoms with Crippen LogP contribution >= 0.6 is 0 Å². The fourth-order valence-electron chi connectivity index (χ4n) is 6.61. The zero-order chi connectivity index (χ0) is 36.2. The Hall–Kier alpha value is -5.39. The van der Waals surface area contributed by atoms with Crippen LogP contribution < -0.4 is 10.1 Å². The Kier molecular flexibility index (Phi) is 10.6. The molecule has 0 radical (unpaired) electrons. The number of rotatable bonds is 13. The van der Waals surface area contributed by atoms with E-state index in [0.29, 0.717) is 37.9 Å². The van der Waals surface area contributed by atoms with Gasteiger partial charge in [0.25, 0.3) is 0 Å². The van der Waals surface area contributed by atoms with Crippen LogP contribution in [0, 0.1) is 5.92 Å². The largest absolute Gasteiger partial charge is 0.488 e. The van der Waals surface area contributed by atoms with E-state index in [4.69, 9.17) is 9.72 Å². The highest BCUT2D eigenvalue weighted by Gasteiger charge is 2.24. The van der Waals surface area contributed by atoms with Crippen molar-refractivity contribution in [3.05, 3.63) is 65.9 Å². The van der Waals surface area contributed by atoms with Gasteiger partial charge in [-0.3, -0.25) is 9.59 Å². The molecule has 12 heteroatoms. The van der Waals surface area contributed by atoms with Crippen LogP contribution in [-0.2, 0) is 34.0 Å². The van der Waals surface area contributed by atoms with Crippen molar-refractivity contribution >= 4 is 39.7 Å². The van der Waals surface area contributed by atoms with E-state index in [1.807, 2.05) is 25.7 Å². The summed E-state index contributed by atoms with van der Waals surface area (Å²) >= 11 is 0. The minimum Gasteiger partial charge on any atom is -0.488 e. The standard InChI is InChI=1S/C39H47N7O5/c1-7-9-36(47)45(19-23(3)4)20-35-42-31-13-11-25-15-30-28-12-10-26(14-27(28)22-51-33(30)16-29(25)38(31)44-35)32-17-40-34(43-32)21-46(24(5)8-2)37(48)18-41-39(49)50-6/h10-17,23-24H,7-9,18-22H2,1-6H3,(H,40,43)(H,41,49)(H,42,44)/t24-/m0/s1. The summed E-state index contributed by atoms with van der Waals surface area (Å²) in [5.41, 5.74) is 6.78. The summed E-state index contributed by atoms with van der Waals surface area (Å²) in [6.07, 6.45) is 3.23. The molecule has 3 aromatic carbocycles. The molecule has 1 aliphatic heterocycles. The number of benzene rings is 3. The molecule has 3 amide bonds. The van der Waals surface area contributed by atoms with E-state index in [0.717, 1.165) is 74.2 Å². The van der Waals surface area contributed by atoms with E-state index in [9.17, 15) is 14.4 Å². The van der Waals surface area contributed by atoms with Crippen LogP contribution in [0.3, 0.4) is 0 Å². The van der Waals surface area contributed by atoms with Gasteiger partial charge in [-0.25, -0.2) is 14.8 Å². The first-order chi connectivity index (χ1) is 24.6. The number of hydrogen-bond donors (Lipinski definition) is 3. The molecule has 12 nitrogen and oxygen atoms in total. The summed E-state index contributed by atoms with van der Waals surface area (Å²) in [5, 5.41) is 4.53. The molecular weight excluding hydrogens is 646 g/mol. The Balaban J connectivity index is 1.23. The van der Waals surface area contributed by atoms with Crippen molar-refractivity contribution in [3.63, 3.8) is 0 Å². The van der Waals surface area contributed by atoms with Crippen molar-refractivity contribution in [2.45, 2.75) is 79.6 Å². The van der Waals surface area contributed by atoms with E-state index in [1.165, 1.54) is 7.11 Å². The predicted octanol–water partition coefficient (Wildman–Crippen LogP) is 6.93. The maximum Gasteiger partial charge on any atom is 0.407 e. The molecule has 3 heterocycles. The third kappa shape index (κ3) is 7.69. The molecule has 0 fully saturated rings. The van der Waals surface area contributed by atoms with Gasteiger partial charge < -0.3 is 34.6 Å². The molecule has 0 bridgehead atoms. The lowest BCUT2D eigenvalue weighted by atomic mass is 9.92. The number of alkyl carbamates (subject to hydrolysis) is 1. The van der Waals surface area contributed by atoms with Gasteiger partial charge in [-0.2, -0.15) is 0 Å². The maximum absolute atomic E-state index is 12.9. The topological polar surface area (TPSA) is 146 Å². The van der Waals surface area contributed by atoms with Gasteiger partial charge in [-0.1, -0.05) is 45.9 Å². The lowest BCUT2D eigenvalue weighted by molar-refractivity contribution is -0.133. The average molecular weight is 694 g/mol. The quantitative estimate of drug-likeness (QED) is 0.121. The molecule has 0 spiro atoms. The average Bonchev–Trinajstić information content (AvgIpc) is 3.78. The van der Waals surface area contributed by atoms with Crippen LogP contribution in [0.4, 0.5) is 4.79 Å². The SMILES string of the molecule is CCCC(=O)N(Cc1nc2c(ccc3cc4c(cc32)OCc2cc(-c3cnc(CN(C(=O)CNC(=O)OC)[C@@H](C)CC)[nH]3)ccc2-4)[nH]1)CC(C)C. The number of nitrogens with one attached hydrogen (secondary N) is 3. The molecule has 1 atom stereocenters. The van der Waals surface area contributed by atoms with E-state index >= 15 is 0 Å². The molecule has 5 aromatic rings. The number of amides is 3. The molecule has 0 saturated heterocycles. The molecule has 3 N–H and O–H groups in total. The van der Waals surface area contributed by atoms with Gasteiger partial charge in [0.15, 0.2) is 0 Å². The normalized spacial score (nSPS) is 12.7. The summed E-state index contributed by atoms with van der Waals surface area (Å²) in [7, 11) is 1.26. The van der Waals surface area contributed by atoms with Gasteiger partial charge in [-0.05, 0) is 72.0 Å². The maximum atomic E-state index is 12.9. The number of nitrogens with zero attached hydrogens (tertiary/aromatic N) is 4. The van der Waals surface area contributed by atoms with Crippen molar-refractivity contribution in [1.82, 2.24) is 35.1 Å². The van der Waals surface area contributed by atoms with Gasteiger partial charge in [0, 0.05) is 30.0 Å². The number of carbonyl (C=O) groups is 3. The lowest BCUT2D eigenvalue weighted by Gasteiger charge is -2.28. The van der Waals surface area contributed by atoms with Crippen LogP contribution in [-0.4, -0.2) is 73.9 Å². The molecule has 51 heavy (non-hydrogen) atoms. The zero-order valence-electron chi connectivity index (χ0n) is 30.3. The third-order valence-electron chi connectivity index (χ3n) is 9.41. The van der Waals surface area contributed by atoms with Gasteiger partial charge in [0.05, 0.1) is 43.1 Å². The number of aromatic amines is 2. The van der Waals surface area contributed by atoms with Crippen molar-refractivity contribution < 1.29 is 23.9 Å². The minimum absolute atomic E-state index is 0.0463. The number of aromatic nitrogens is 4. The lowest BCUT2D eigenvalue weighted by Crippen LogP contribution is -2.44. The van der Waals surface area contributed by atoms with Crippen molar-refractivity contribution in [2.24, 2.45) is 5.92 Å². The number of methoxy groups -OCH3 is 1. The van der Waals surface area contributed by atoms with Crippen LogP contribution in [0.5, 0.6) is 5.75 Å². The second-order valence-electron chi connectivity index (χ2n) is 13.7. The first-order valence-corrected chi connectivity index (χ1v) is 17.7. The Morgan fingerprint density at radius 1 is 0.980 bits per heavy atom. The highest BCUT2D eigenvalue weighted by molar-refractivity contribution is 6.07. The second-order valence-corrected chi connectivity index (χ2v) is 13.7. The van der Waals surface area contributed by atoms with Crippen LogP contribution in [0.1, 0.15) is 71.1 Å². The van der Waals surface area contributed by atoms with E-state index in [1.54, 1.807) is 11.1 Å². The highest BCUT2D eigenvalue weighted by Crippen LogP contribution is 2.42. The van der Waals surface area contributed by atoms with Gasteiger partial charge >= 0.3 is 6.09 Å². The molecule has 0 aliphatic carbocycles. The van der Waals surface area contributed by atoms with Gasteiger partial charge in [0.2, 0.25) is 11.8 Å². The molecule has 268 valence electrons. The number of imidazole rings is 2. The fourth-order valence-corrected chi connectivity index (χ4v) is 6.61. The number of hydrogen-bond acceptors (Lipinski definition) is 7. The molecule has 6 rings (SSSR count). The van der Waals surface area contributed by atoms with Gasteiger partial charge in [-0.15, -0.1) is 0 Å². The summed E-state index contributed by atoms with van der Waals surface area (Å²) < 4.78 is 10.9. The number of H-pyrrole nitrogens is 2. The van der Waals surface area contributed by atoms with E-state index in [2.05, 4.69) is 81.3 Å². The molecule has 2 aromatic heterocycles. The summed E-state index contributed by atoms with van der Waals surface area (Å²) in [6, 6.07) is 14.6. The smallest absolute Gasteiger partial charge is 0.407 e. The fraction of sp³-hybridized carbons (Fsp3) is 0.410. The Morgan fingerprint density at radius 2 is 1.80 bits per heavy atom. The third-order valence-corrected chi connectivity index (χ3v) is 9.41. The molecular formula is C39H47N7O5. The second kappa shape index (κ2) is 15.2. The first-order valence-electron chi connectivity index (χ1n) is 17.7. The van der Waals surface area contributed by atoms with Crippen LogP contribution in [0.15, 0.2) is 48.7 Å². The van der Waals surface area contributed by atoms with Crippen molar-refractivity contribution in [2.75, 3.05) is 20.2 Å².